The smallest absolute Gasteiger partial charge is 0.276 e. The summed E-state index contributed by atoms with van der Waals surface area (Å²) >= 11 is 0. The van der Waals surface area contributed by atoms with Crippen LogP contribution in [0, 0.1) is 0 Å². The molecule has 1 aliphatic heterocycles. The van der Waals surface area contributed by atoms with Crippen LogP contribution in [0.5, 0.6) is 0 Å². The molecule has 6 heteroatoms. The summed E-state index contributed by atoms with van der Waals surface area (Å²) in [5.41, 5.74) is 6.18. The second-order valence-corrected chi connectivity index (χ2v) is 4.63. The quantitative estimate of drug-likeness (QED) is 0.816. The number of aryl methyl sites for hydroxylation is 1. The Kier molecular flexibility index (Phi) is 3.98. The topological polar surface area (TPSA) is 75.6 Å². The fraction of sp³-hybridized carbons (Fsp3) is 0.667. The second-order valence-electron chi connectivity index (χ2n) is 4.63. The van der Waals surface area contributed by atoms with Crippen molar-refractivity contribution < 1.29 is 9.21 Å². The summed E-state index contributed by atoms with van der Waals surface area (Å²) in [6.45, 7) is 4.77. The van der Waals surface area contributed by atoms with Crippen molar-refractivity contribution in [1.82, 2.24) is 14.8 Å². The predicted molar refractivity (Wildman–Crippen MR) is 67.3 cm³/mol. The molecule has 0 aliphatic carbocycles. The van der Waals surface area contributed by atoms with E-state index in [1.165, 1.54) is 6.39 Å². The molecule has 1 aromatic heterocycles. The zero-order valence-corrected chi connectivity index (χ0v) is 10.9. The summed E-state index contributed by atoms with van der Waals surface area (Å²) in [6.07, 6.45) is 2.00. The van der Waals surface area contributed by atoms with Gasteiger partial charge in [0, 0.05) is 32.6 Å². The molecule has 1 atom stereocenters. The molecule has 0 bridgehead atoms. The van der Waals surface area contributed by atoms with E-state index in [9.17, 15) is 4.79 Å². The van der Waals surface area contributed by atoms with Crippen LogP contribution >= 0.6 is 0 Å². The van der Waals surface area contributed by atoms with Gasteiger partial charge in [0.05, 0.1) is 6.04 Å². The molecular formula is C12H20N4O2. The minimum atomic E-state index is -0.0656. The van der Waals surface area contributed by atoms with Gasteiger partial charge in [-0.1, -0.05) is 6.92 Å². The number of amides is 1. The molecule has 1 fully saturated rings. The van der Waals surface area contributed by atoms with Crippen molar-refractivity contribution in [1.29, 1.82) is 0 Å². The van der Waals surface area contributed by atoms with E-state index >= 15 is 0 Å². The number of carbonyl (C=O) groups is 1. The number of likely N-dealkylation sites (N-methyl/N-ethyl adjacent to an activating group) is 1. The first-order valence-electron chi connectivity index (χ1n) is 6.29. The van der Waals surface area contributed by atoms with Crippen molar-refractivity contribution >= 4 is 5.91 Å². The summed E-state index contributed by atoms with van der Waals surface area (Å²) in [4.78, 5) is 20.5. The maximum Gasteiger partial charge on any atom is 0.276 e. The lowest BCUT2D eigenvalue weighted by Crippen LogP contribution is -2.56. The highest BCUT2D eigenvalue weighted by atomic mass is 16.3. The van der Waals surface area contributed by atoms with Crippen molar-refractivity contribution in [2.24, 2.45) is 5.73 Å². The van der Waals surface area contributed by atoms with Gasteiger partial charge in [-0.3, -0.25) is 4.79 Å². The highest BCUT2D eigenvalue weighted by molar-refractivity contribution is 5.93. The molecule has 1 saturated heterocycles. The van der Waals surface area contributed by atoms with E-state index < -0.39 is 0 Å². The minimum Gasteiger partial charge on any atom is -0.448 e. The molecule has 1 unspecified atom stereocenters. The lowest BCUT2D eigenvalue weighted by atomic mass is 10.1. The van der Waals surface area contributed by atoms with E-state index in [2.05, 4.69) is 9.88 Å². The summed E-state index contributed by atoms with van der Waals surface area (Å²) in [5, 5.41) is 0. The first-order chi connectivity index (χ1) is 8.67. The van der Waals surface area contributed by atoms with Crippen molar-refractivity contribution in [2.75, 3.05) is 33.2 Å². The minimum absolute atomic E-state index is 0.0534. The molecule has 2 rings (SSSR count). The normalized spacial score (nSPS) is 21.3. The molecule has 1 amide bonds. The van der Waals surface area contributed by atoms with Gasteiger partial charge in [0.1, 0.15) is 5.76 Å². The average Bonchev–Trinajstić information content (AvgIpc) is 2.86. The second kappa shape index (κ2) is 5.49. The van der Waals surface area contributed by atoms with E-state index in [1.54, 1.807) is 0 Å². The molecule has 0 saturated carbocycles. The monoisotopic (exact) mass is 252 g/mol. The third-order valence-corrected chi connectivity index (χ3v) is 3.38. The lowest BCUT2D eigenvalue weighted by Gasteiger charge is -2.39. The predicted octanol–water partition coefficient (Wildman–Crippen LogP) is -0.0481. The SMILES string of the molecule is CCc1ocnc1C(=O)N1CCN(C)CC1CN. The van der Waals surface area contributed by atoms with Gasteiger partial charge in [-0.2, -0.15) is 0 Å². The van der Waals surface area contributed by atoms with Crippen LogP contribution < -0.4 is 5.73 Å². The van der Waals surface area contributed by atoms with Crippen LogP contribution in [0.1, 0.15) is 23.2 Å². The molecule has 0 spiro atoms. The van der Waals surface area contributed by atoms with Crippen LogP contribution in [0.25, 0.3) is 0 Å². The molecule has 2 N–H and O–H groups in total. The number of hydrogen-bond acceptors (Lipinski definition) is 5. The highest BCUT2D eigenvalue weighted by Crippen LogP contribution is 2.15. The number of nitrogens with zero attached hydrogens (tertiary/aromatic N) is 3. The fourth-order valence-corrected chi connectivity index (χ4v) is 2.31. The standard InChI is InChI=1S/C12H20N4O2/c1-3-10-11(14-8-18-10)12(17)16-5-4-15(2)7-9(16)6-13/h8-9H,3-7,13H2,1-2H3. The zero-order valence-electron chi connectivity index (χ0n) is 10.9. The third-order valence-electron chi connectivity index (χ3n) is 3.38. The van der Waals surface area contributed by atoms with Gasteiger partial charge in [-0.15, -0.1) is 0 Å². The van der Waals surface area contributed by atoms with Crippen LogP contribution in [0.3, 0.4) is 0 Å². The number of oxazole rings is 1. The Bertz CT molecular complexity index is 418. The Labute approximate surface area is 107 Å². The molecule has 6 nitrogen and oxygen atoms in total. The summed E-state index contributed by atoms with van der Waals surface area (Å²) < 4.78 is 5.22. The van der Waals surface area contributed by atoms with Crippen molar-refractivity contribution in [3.05, 3.63) is 17.8 Å². The van der Waals surface area contributed by atoms with Gasteiger partial charge in [-0.05, 0) is 7.05 Å². The maximum absolute atomic E-state index is 12.4. The Morgan fingerprint density at radius 3 is 3.06 bits per heavy atom. The molecule has 2 heterocycles. The van der Waals surface area contributed by atoms with Gasteiger partial charge in [0.25, 0.3) is 5.91 Å². The number of aromatic nitrogens is 1. The molecule has 1 aromatic rings. The highest BCUT2D eigenvalue weighted by Gasteiger charge is 2.31. The molecular weight excluding hydrogens is 232 g/mol. The molecule has 0 aromatic carbocycles. The van der Waals surface area contributed by atoms with Crippen LogP contribution in [-0.4, -0.2) is 60.0 Å². The lowest BCUT2D eigenvalue weighted by molar-refractivity contribution is 0.0509. The summed E-state index contributed by atoms with van der Waals surface area (Å²) in [6, 6.07) is 0.0534. The van der Waals surface area contributed by atoms with Crippen LogP contribution in [0.15, 0.2) is 10.8 Å². The van der Waals surface area contributed by atoms with E-state index in [-0.39, 0.29) is 11.9 Å². The molecule has 0 radical (unpaired) electrons. The molecule has 1 aliphatic rings. The van der Waals surface area contributed by atoms with Crippen LogP contribution in [0.4, 0.5) is 0 Å². The number of nitrogens with two attached hydrogens (primary N) is 1. The van der Waals surface area contributed by atoms with E-state index in [0.29, 0.717) is 31.0 Å². The number of rotatable bonds is 3. The number of hydrogen-bond donors (Lipinski definition) is 1. The van der Waals surface area contributed by atoms with E-state index in [4.69, 9.17) is 10.2 Å². The number of carbonyl (C=O) groups excluding carboxylic acids is 1. The maximum atomic E-state index is 12.4. The first-order valence-corrected chi connectivity index (χ1v) is 6.29. The Morgan fingerprint density at radius 1 is 1.61 bits per heavy atom. The van der Waals surface area contributed by atoms with Crippen molar-refractivity contribution in [2.45, 2.75) is 19.4 Å². The van der Waals surface area contributed by atoms with Gasteiger partial charge < -0.3 is 20.0 Å². The Morgan fingerprint density at radius 2 is 2.39 bits per heavy atom. The summed E-state index contributed by atoms with van der Waals surface area (Å²) in [5.74, 6) is 0.582. The van der Waals surface area contributed by atoms with Crippen LogP contribution in [0.2, 0.25) is 0 Å². The first kappa shape index (κ1) is 13.0. The van der Waals surface area contributed by atoms with Crippen LogP contribution in [-0.2, 0) is 6.42 Å². The van der Waals surface area contributed by atoms with Crippen molar-refractivity contribution in [3.8, 4) is 0 Å². The largest absolute Gasteiger partial charge is 0.448 e. The average molecular weight is 252 g/mol. The number of piperazine rings is 1. The zero-order chi connectivity index (χ0) is 13.1. The Hall–Kier alpha value is -1.40. The Balaban J connectivity index is 2.17. The van der Waals surface area contributed by atoms with E-state index in [0.717, 1.165) is 13.1 Å². The molecule has 100 valence electrons. The van der Waals surface area contributed by atoms with Gasteiger partial charge in [-0.25, -0.2) is 4.98 Å². The van der Waals surface area contributed by atoms with E-state index in [1.807, 2.05) is 18.9 Å². The van der Waals surface area contributed by atoms with Crippen molar-refractivity contribution in [3.63, 3.8) is 0 Å². The van der Waals surface area contributed by atoms with Gasteiger partial charge in [0.2, 0.25) is 0 Å². The molecule has 18 heavy (non-hydrogen) atoms. The van der Waals surface area contributed by atoms with Gasteiger partial charge >= 0.3 is 0 Å². The fourth-order valence-electron chi connectivity index (χ4n) is 2.31. The van der Waals surface area contributed by atoms with Gasteiger partial charge in [0.15, 0.2) is 12.1 Å². The third kappa shape index (κ3) is 2.39. The summed E-state index contributed by atoms with van der Waals surface area (Å²) in [7, 11) is 2.04.